The number of hydrogen-bond acceptors (Lipinski definition) is 4. The van der Waals surface area contributed by atoms with Crippen LogP contribution in [0.1, 0.15) is 29.5 Å². The molecule has 0 aliphatic carbocycles. The predicted molar refractivity (Wildman–Crippen MR) is 86.7 cm³/mol. The van der Waals surface area contributed by atoms with E-state index in [9.17, 15) is 4.39 Å². The Hall–Kier alpha value is -1.40. The van der Waals surface area contributed by atoms with E-state index in [0.29, 0.717) is 12.3 Å². The summed E-state index contributed by atoms with van der Waals surface area (Å²) in [6.07, 6.45) is 0.971. The van der Waals surface area contributed by atoms with Crippen molar-refractivity contribution in [1.82, 2.24) is 10.2 Å². The lowest BCUT2D eigenvalue weighted by molar-refractivity contribution is 0.240. The van der Waals surface area contributed by atoms with E-state index in [1.165, 1.54) is 6.07 Å². The van der Waals surface area contributed by atoms with Crippen molar-refractivity contribution >= 4 is 11.6 Å². The van der Waals surface area contributed by atoms with Gasteiger partial charge in [-0.05, 0) is 43.3 Å². The molecule has 6 heteroatoms. The zero-order valence-corrected chi connectivity index (χ0v) is 13.7. The normalized spacial score (nSPS) is 21.9. The van der Waals surface area contributed by atoms with Gasteiger partial charge in [0, 0.05) is 18.6 Å². The Bertz CT molecular complexity index is 676. The Balaban J connectivity index is 1.71. The van der Waals surface area contributed by atoms with Gasteiger partial charge in [0.1, 0.15) is 23.9 Å². The second-order valence-corrected chi connectivity index (χ2v) is 6.31. The minimum Gasteiger partial charge on any atom is -0.462 e. The molecule has 2 heterocycles. The number of furan rings is 1. The van der Waals surface area contributed by atoms with Crippen molar-refractivity contribution in [1.29, 1.82) is 0 Å². The quantitative estimate of drug-likeness (QED) is 0.879. The summed E-state index contributed by atoms with van der Waals surface area (Å²) in [7, 11) is 2.04. The van der Waals surface area contributed by atoms with Crippen molar-refractivity contribution in [3.63, 3.8) is 0 Å². The third-order valence-corrected chi connectivity index (χ3v) is 4.65. The molecule has 4 nitrogen and oxygen atoms in total. The van der Waals surface area contributed by atoms with Crippen LogP contribution in [0.3, 0.4) is 0 Å². The number of likely N-dealkylation sites (N-methyl/N-ethyl adjacent to an activating group) is 1. The summed E-state index contributed by atoms with van der Waals surface area (Å²) in [5.41, 5.74) is 0.917. The van der Waals surface area contributed by atoms with E-state index in [2.05, 4.69) is 10.2 Å². The van der Waals surface area contributed by atoms with Crippen molar-refractivity contribution in [3.8, 4) is 0 Å². The van der Waals surface area contributed by atoms with E-state index in [-0.39, 0.29) is 29.5 Å². The van der Waals surface area contributed by atoms with Gasteiger partial charge < -0.3 is 14.8 Å². The predicted octanol–water partition coefficient (Wildman–Crippen LogP) is 3.10. The third-order valence-electron chi connectivity index (χ3n) is 4.35. The number of likely N-dealkylation sites (tertiary alicyclic amines) is 1. The van der Waals surface area contributed by atoms with Crippen LogP contribution >= 0.6 is 11.6 Å². The third kappa shape index (κ3) is 3.58. The Morgan fingerprint density at radius 3 is 2.83 bits per heavy atom. The van der Waals surface area contributed by atoms with Gasteiger partial charge in [-0.2, -0.15) is 0 Å². The van der Waals surface area contributed by atoms with Crippen LogP contribution in [0.5, 0.6) is 0 Å². The summed E-state index contributed by atoms with van der Waals surface area (Å²) in [5.74, 6) is 0.952. The zero-order valence-electron chi connectivity index (χ0n) is 12.9. The van der Waals surface area contributed by atoms with Crippen LogP contribution in [0.4, 0.5) is 4.39 Å². The molecule has 0 amide bonds. The summed E-state index contributed by atoms with van der Waals surface area (Å²) in [5, 5.41) is 12.7. The maximum absolute atomic E-state index is 13.8. The average molecular weight is 339 g/mol. The Morgan fingerprint density at radius 1 is 1.35 bits per heavy atom. The van der Waals surface area contributed by atoms with Gasteiger partial charge in [-0.25, -0.2) is 4.39 Å². The molecular weight excluding hydrogens is 319 g/mol. The first-order valence-electron chi connectivity index (χ1n) is 7.65. The van der Waals surface area contributed by atoms with Gasteiger partial charge >= 0.3 is 0 Å². The van der Waals surface area contributed by atoms with Crippen LogP contribution in [0.25, 0.3) is 0 Å². The molecule has 1 aliphatic rings. The molecule has 0 spiro atoms. The number of nitrogens with one attached hydrogen (secondary N) is 1. The van der Waals surface area contributed by atoms with Gasteiger partial charge in [0.2, 0.25) is 0 Å². The molecule has 1 aliphatic heterocycles. The number of halogens is 2. The number of benzene rings is 1. The molecule has 0 radical (unpaired) electrons. The smallest absolute Gasteiger partial charge is 0.142 e. The van der Waals surface area contributed by atoms with Crippen molar-refractivity contribution in [2.75, 3.05) is 13.6 Å². The first kappa shape index (κ1) is 16.5. The fraction of sp³-hybridized carbons (Fsp3) is 0.412. The summed E-state index contributed by atoms with van der Waals surface area (Å²) in [6.45, 7) is 1.41. The van der Waals surface area contributed by atoms with Crippen molar-refractivity contribution < 1.29 is 13.9 Å². The van der Waals surface area contributed by atoms with Crippen molar-refractivity contribution in [3.05, 3.63) is 58.3 Å². The molecule has 0 saturated carbocycles. The monoisotopic (exact) mass is 338 g/mol. The van der Waals surface area contributed by atoms with Gasteiger partial charge in [-0.15, -0.1) is 0 Å². The Kier molecular flexibility index (Phi) is 5.02. The van der Waals surface area contributed by atoms with E-state index >= 15 is 0 Å². The first-order chi connectivity index (χ1) is 11.1. The molecule has 1 aromatic carbocycles. The zero-order chi connectivity index (χ0) is 16.4. The fourth-order valence-corrected chi connectivity index (χ4v) is 3.30. The second-order valence-electron chi connectivity index (χ2n) is 5.90. The average Bonchev–Trinajstić information content (AvgIpc) is 3.14. The topological polar surface area (TPSA) is 48.6 Å². The fourth-order valence-electron chi connectivity index (χ4n) is 3.18. The van der Waals surface area contributed by atoms with E-state index in [0.717, 1.165) is 24.3 Å². The minimum absolute atomic E-state index is 0.0917. The molecule has 1 saturated heterocycles. The van der Waals surface area contributed by atoms with Gasteiger partial charge in [0.15, 0.2) is 0 Å². The van der Waals surface area contributed by atoms with Crippen molar-refractivity contribution in [2.24, 2.45) is 0 Å². The molecule has 2 N–H and O–H groups in total. The minimum atomic E-state index is -0.387. The van der Waals surface area contributed by atoms with Gasteiger partial charge in [0.25, 0.3) is 0 Å². The van der Waals surface area contributed by atoms with Crippen LogP contribution in [-0.4, -0.2) is 29.6 Å². The highest BCUT2D eigenvalue weighted by Crippen LogP contribution is 2.32. The SMILES string of the molecule is CN1CCC(NCc2ccc(CO)o2)C1c1ccc(Cl)c(F)c1. The maximum atomic E-state index is 13.8. The van der Waals surface area contributed by atoms with Crippen LogP contribution < -0.4 is 5.32 Å². The molecule has 1 fully saturated rings. The lowest BCUT2D eigenvalue weighted by atomic mass is 10.00. The van der Waals surface area contributed by atoms with Gasteiger partial charge in [0.05, 0.1) is 11.6 Å². The van der Waals surface area contributed by atoms with E-state index < -0.39 is 0 Å². The van der Waals surface area contributed by atoms with E-state index in [1.807, 2.05) is 19.2 Å². The lowest BCUT2D eigenvalue weighted by Gasteiger charge is -2.26. The molecule has 1 aromatic heterocycles. The molecule has 3 rings (SSSR count). The van der Waals surface area contributed by atoms with Crippen LogP contribution in [-0.2, 0) is 13.2 Å². The molecule has 23 heavy (non-hydrogen) atoms. The van der Waals surface area contributed by atoms with Crippen molar-refractivity contribution in [2.45, 2.75) is 31.7 Å². The number of rotatable bonds is 5. The van der Waals surface area contributed by atoms with E-state index in [4.69, 9.17) is 21.1 Å². The van der Waals surface area contributed by atoms with Crippen LogP contribution in [0, 0.1) is 5.82 Å². The highest BCUT2D eigenvalue weighted by atomic mass is 35.5. The molecule has 2 aromatic rings. The van der Waals surface area contributed by atoms with E-state index in [1.54, 1.807) is 12.1 Å². The molecular formula is C17H20ClFN2O2. The highest BCUT2D eigenvalue weighted by Gasteiger charge is 2.33. The number of nitrogens with zero attached hydrogens (tertiary/aromatic N) is 1. The molecule has 2 unspecified atom stereocenters. The molecule has 0 bridgehead atoms. The van der Waals surface area contributed by atoms with Gasteiger partial charge in [-0.1, -0.05) is 17.7 Å². The summed E-state index contributed by atoms with van der Waals surface area (Å²) in [4.78, 5) is 2.21. The lowest BCUT2D eigenvalue weighted by Crippen LogP contribution is -2.34. The van der Waals surface area contributed by atoms with Crippen LogP contribution in [0.15, 0.2) is 34.7 Å². The number of aliphatic hydroxyl groups is 1. The second kappa shape index (κ2) is 7.01. The number of hydrogen-bond donors (Lipinski definition) is 2. The van der Waals surface area contributed by atoms with Gasteiger partial charge in [-0.3, -0.25) is 4.90 Å². The summed E-state index contributed by atoms with van der Waals surface area (Å²) < 4.78 is 19.3. The maximum Gasteiger partial charge on any atom is 0.142 e. The summed E-state index contributed by atoms with van der Waals surface area (Å²) >= 11 is 5.78. The largest absolute Gasteiger partial charge is 0.462 e. The first-order valence-corrected chi connectivity index (χ1v) is 8.03. The molecule has 2 atom stereocenters. The Labute approximate surface area is 139 Å². The standard InChI is InChI=1S/C17H20ClFN2O2/c1-21-7-6-16(20-9-12-3-4-13(10-22)23-12)17(21)11-2-5-14(18)15(19)8-11/h2-5,8,16-17,20,22H,6-7,9-10H2,1H3. The summed E-state index contributed by atoms with van der Waals surface area (Å²) in [6, 6.07) is 8.91. The Morgan fingerprint density at radius 2 is 2.13 bits per heavy atom. The number of aliphatic hydroxyl groups excluding tert-OH is 1. The van der Waals surface area contributed by atoms with Crippen LogP contribution in [0.2, 0.25) is 5.02 Å². The molecule has 124 valence electrons. The highest BCUT2D eigenvalue weighted by molar-refractivity contribution is 6.30.